The Morgan fingerprint density at radius 1 is 1.21 bits per heavy atom. The highest BCUT2D eigenvalue weighted by atomic mass is 16.3. The Kier molecular flexibility index (Phi) is 5.00. The van der Waals surface area contributed by atoms with Crippen molar-refractivity contribution in [2.75, 3.05) is 0 Å². The van der Waals surface area contributed by atoms with Gasteiger partial charge in [0.25, 0.3) is 0 Å². The third-order valence-corrected chi connectivity index (χ3v) is 3.02. The monoisotopic (exact) mass is 196 g/mol. The first-order valence-electron chi connectivity index (χ1n) is 5.51. The molecule has 0 bridgehead atoms. The molecule has 1 saturated carbocycles. The van der Waals surface area contributed by atoms with Gasteiger partial charge in [-0.2, -0.15) is 0 Å². The average Bonchev–Trinajstić information content (AvgIpc) is 2.26. The van der Waals surface area contributed by atoms with E-state index in [9.17, 15) is 10.2 Å². The molecule has 1 fully saturated rings. The van der Waals surface area contributed by atoms with Crippen LogP contribution in [0.4, 0.5) is 0 Å². The van der Waals surface area contributed by atoms with Crippen molar-refractivity contribution in [3.8, 4) is 11.8 Å². The quantitative estimate of drug-likeness (QED) is 0.674. The Labute approximate surface area is 86.3 Å². The molecule has 2 nitrogen and oxygen atoms in total. The lowest BCUT2D eigenvalue weighted by Crippen LogP contribution is -2.34. The van der Waals surface area contributed by atoms with Gasteiger partial charge in [0.15, 0.2) is 0 Å². The summed E-state index contributed by atoms with van der Waals surface area (Å²) >= 11 is 0. The van der Waals surface area contributed by atoms with Crippen LogP contribution in [0.1, 0.15) is 45.4 Å². The Morgan fingerprint density at radius 2 is 1.86 bits per heavy atom. The van der Waals surface area contributed by atoms with Gasteiger partial charge in [-0.15, -0.1) is 11.8 Å². The first-order valence-corrected chi connectivity index (χ1v) is 5.51. The van der Waals surface area contributed by atoms with Gasteiger partial charge in [0.1, 0.15) is 0 Å². The van der Waals surface area contributed by atoms with E-state index in [1.807, 2.05) is 0 Å². The summed E-state index contributed by atoms with van der Waals surface area (Å²) in [5.41, 5.74) is 0. The van der Waals surface area contributed by atoms with Gasteiger partial charge in [-0.1, -0.05) is 19.3 Å². The molecule has 0 heterocycles. The number of rotatable bonds is 3. The van der Waals surface area contributed by atoms with Crippen LogP contribution in [0.15, 0.2) is 0 Å². The molecule has 14 heavy (non-hydrogen) atoms. The molecule has 1 rings (SSSR count). The molecular formula is C12H20O2. The maximum atomic E-state index is 9.85. The predicted octanol–water partition coefficient (Wildman–Crippen LogP) is 1.70. The molecule has 2 heteroatoms. The molecule has 80 valence electrons. The second-order valence-corrected chi connectivity index (χ2v) is 4.09. The van der Waals surface area contributed by atoms with Crippen molar-refractivity contribution < 1.29 is 10.2 Å². The summed E-state index contributed by atoms with van der Waals surface area (Å²) in [4.78, 5) is 0. The summed E-state index contributed by atoms with van der Waals surface area (Å²) in [5, 5.41) is 19.5. The first kappa shape index (κ1) is 11.6. The van der Waals surface area contributed by atoms with Gasteiger partial charge in [-0.25, -0.2) is 0 Å². The van der Waals surface area contributed by atoms with Crippen LogP contribution >= 0.6 is 0 Å². The standard InChI is InChI=1S/C12H20O2/c1-2-3-9-11(13)12(14)10-7-5-4-6-8-10/h10-14H,4-9H2,1H3. The smallest absolute Gasteiger partial charge is 0.0910 e. The third-order valence-electron chi connectivity index (χ3n) is 3.02. The van der Waals surface area contributed by atoms with Gasteiger partial charge in [0.05, 0.1) is 12.2 Å². The Morgan fingerprint density at radius 3 is 2.43 bits per heavy atom. The summed E-state index contributed by atoms with van der Waals surface area (Å²) in [5.74, 6) is 5.83. The molecule has 1 aliphatic rings. The van der Waals surface area contributed by atoms with Gasteiger partial charge < -0.3 is 10.2 Å². The fourth-order valence-electron chi connectivity index (χ4n) is 2.12. The second-order valence-electron chi connectivity index (χ2n) is 4.09. The molecule has 0 spiro atoms. The fourth-order valence-corrected chi connectivity index (χ4v) is 2.12. The van der Waals surface area contributed by atoms with E-state index in [-0.39, 0.29) is 5.92 Å². The van der Waals surface area contributed by atoms with Gasteiger partial charge in [0.2, 0.25) is 0 Å². The molecule has 0 amide bonds. The van der Waals surface area contributed by atoms with E-state index in [4.69, 9.17) is 0 Å². The van der Waals surface area contributed by atoms with Crippen LogP contribution in [-0.2, 0) is 0 Å². The lowest BCUT2D eigenvalue weighted by Gasteiger charge is -2.28. The largest absolute Gasteiger partial charge is 0.390 e. The molecule has 0 aliphatic heterocycles. The van der Waals surface area contributed by atoms with E-state index in [0.717, 1.165) is 12.8 Å². The predicted molar refractivity (Wildman–Crippen MR) is 56.7 cm³/mol. The second kappa shape index (κ2) is 6.06. The Bertz CT molecular complexity index is 208. The lowest BCUT2D eigenvalue weighted by atomic mass is 9.83. The maximum Gasteiger partial charge on any atom is 0.0910 e. The van der Waals surface area contributed by atoms with Crippen molar-refractivity contribution in [3.05, 3.63) is 0 Å². The summed E-state index contributed by atoms with van der Waals surface area (Å²) in [7, 11) is 0. The molecule has 0 aromatic heterocycles. The maximum absolute atomic E-state index is 9.85. The van der Waals surface area contributed by atoms with Crippen LogP contribution in [0.3, 0.4) is 0 Å². The fraction of sp³-hybridized carbons (Fsp3) is 0.833. The molecular weight excluding hydrogens is 176 g/mol. The van der Waals surface area contributed by atoms with Crippen LogP contribution < -0.4 is 0 Å². The van der Waals surface area contributed by atoms with Crippen molar-refractivity contribution in [3.63, 3.8) is 0 Å². The highest BCUT2D eigenvalue weighted by molar-refractivity contribution is 4.98. The zero-order chi connectivity index (χ0) is 10.4. The average molecular weight is 196 g/mol. The van der Waals surface area contributed by atoms with E-state index in [1.165, 1.54) is 19.3 Å². The molecule has 0 saturated heterocycles. The molecule has 1 aliphatic carbocycles. The molecule has 0 aromatic carbocycles. The third kappa shape index (κ3) is 3.32. The molecule has 2 atom stereocenters. The van der Waals surface area contributed by atoms with Crippen LogP contribution in [-0.4, -0.2) is 22.4 Å². The number of aliphatic hydroxyl groups is 2. The van der Waals surface area contributed by atoms with Crippen LogP contribution in [0, 0.1) is 17.8 Å². The van der Waals surface area contributed by atoms with Crippen molar-refractivity contribution in [1.29, 1.82) is 0 Å². The van der Waals surface area contributed by atoms with Gasteiger partial charge in [0, 0.05) is 6.42 Å². The Hall–Kier alpha value is -0.520. The van der Waals surface area contributed by atoms with E-state index >= 15 is 0 Å². The van der Waals surface area contributed by atoms with Gasteiger partial charge >= 0.3 is 0 Å². The zero-order valence-corrected chi connectivity index (χ0v) is 8.87. The minimum absolute atomic E-state index is 0.289. The summed E-state index contributed by atoms with van der Waals surface area (Å²) in [6.45, 7) is 1.75. The summed E-state index contributed by atoms with van der Waals surface area (Å²) < 4.78 is 0. The van der Waals surface area contributed by atoms with E-state index < -0.39 is 12.2 Å². The normalized spacial score (nSPS) is 22.2. The molecule has 0 radical (unpaired) electrons. The number of aliphatic hydroxyl groups excluding tert-OH is 2. The van der Waals surface area contributed by atoms with Gasteiger partial charge in [-0.05, 0) is 25.7 Å². The number of hydrogen-bond donors (Lipinski definition) is 2. The minimum Gasteiger partial charge on any atom is -0.390 e. The Balaban J connectivity index is 2.36. The summed E-state index contributed by atoms with van der Waals surface area (Å²) in [6, 6.07) is 0. The van der Waals surface area contributed by atoms with Crippen molar-refractivity contribution >= 4 is 0 Å². The SMILES string of the molecule is CC#CCC(O)C(O)C1CCCCC1. The molecule has 2 N–H and O–H groups in total. The highest BCUT2D eigenvalue weighted by Crippen LogP contribution is 2.28. The zero-order valence-electron chi connectivity index (χ0n) is 8.87. The van der Waals surface area contributed by atoms with Crippen molar-refractivity contribution in [2.24, 2.45) is 5.92 Å². The molecule has 0 aromatic rings. The summed E-state index contributed by atoms with van der Waals surface area (Å²) in [6.07, 6.45) is 4.92. The van der Waals surface area contributed by atoms with Crippen molar-refractivity contribution in [1.82, 2.24) is 0 Å². The topological polar surface area (TPSA) is 40.5 Å². The van der Waals surface area contributed by atoms with E-state index in [0.29, 0.717) is 6.42 Å². The first-order chi connectivity index (χ1) is 6.75. The van der Waals surface area contributed by atoms with E-state index in [1.54, 1.807) is 6.92 Å². The van der Waals surface area contributed by atoms with Gasteiger partial charge in [-0.3, -0.25) is 0 Å². The van der Waals surface area contributed by atoms with E-state index in [2.05, 4.69) is 11.8 Å². The van der Waals surface area contributed by atoms with Crippen LogP contribution in [0.5, 0.6) is 0 Å². The van der Waals surface area contributed by atoms with Crippen LogP contribution in [0.25, 0.3) is 0 Å². The highest BCUT2D eigenvalue weighted by Gasteiger charge is 2.26. The lowest BCUT2D eigenvalue weighted by molar-refractivity contribution is -0.0241. The van der Waals surface area contributed by atoms with Crippen molar-refractivity contribution in [2.45, 2.75) is 57.7 Å². The minimum atomic E-state index is -0.662. The van der Waals surface area contributed by atoms with Crippen LogP contribution in [0.2, 0.25) is 0 Å². The number of hydrogen-bond acceptors (Lipinski definition) is 2. The molecule has 2 unspecified atom stereocenters.